The molecule has 1 heterocycles. The molecule has 0 aromatic heterocycles. The fourth-order valence-electron chi connectivity index (χ4n) is 4.01. The zero-order valence-electron chi connectivity index (χ0n) is 18.5. The van der Waals surface area contributed by atoms with Gasteiger partial charge in [0.2, 0.25) is 5.91 Å². The summed E-state index contributed by atoms with van der Waals surface area (Å²) in [6.07, 6.45) is 1.72. The molecule has 5 nitrogen and oxygen atoms in total. The molecule has 1 aliphatic heterocycles. The number of Topliss-reactive ketones (excluding diaryl/α,β-unsaturated/α-hetero) is 1. The summed E-state index contributed by atoms with van der Waals surface area (Å²) in [5, 5.41) is 0. The predicted molar refractivity (Wildman–Crippen MR) is 115 cm³/mol. The molecule has 0 radical (unpaired) electrons. The van der Waals surface area contributed by atoms with Gasteiger partial charge in [0.15, 0.2) is 5.78 Å². The van der Waals surface area contributed by atoms with Crippen molar-refractivity contribution >= 4 is 11.7 Å². The number of piperazine rings is 1. The maximum atomic E-state index is 12.7. The summed E-state index contributed by atoms with van der Waals surface area (Å²) in [5.41, 5.74) is 3.01. The molecule has 1 aliphatic rings. The Morgan fingerprint density at radius 3 is 2.25 bits per heavy atom. The molecule has 2 unspecified atom stereocenters. The number of carbonyl (C=O) groups is 2. The second kappa shape index (κ2) is 10.2. The maximum Gasteiger partial charge on any atom is 0.223 e. The first-order chi connectivity index (χ1) is 13.2. The van der Waals surface area contributed by atoms with Crippen molar-refractivity contribution in [3.63, 3.8) is 0 Å². The van der Waals surface area contributed by atoms with Crippen molar-refractivity contribution in [2.75, 3.05) is 40.3 Å². The molecule has 5 heteroatoms. The molecule has 0 N–H and O–H groups in total. The van der Waals surface area contributed by atoms with E-state index in [9.17, 15) is 9.59 Å². The van der Waals surface area contributed by atoms with Gasteiger partial charge in [-0.15, -0.1) is 0 Å². The Morgan fingerprint density at radius 1 is 1.04 bits per heavy atom. The van der Waals surface area contributed by atoms with Crippen LogP contribution in [-0.4, -0.2) is 78.7 Å². The average Bonchev–Trinajstić information content (AvgIpc) is 2.63. The zero-order valence-corrected chi connectivity index (χ0v) is 18.5. The lowest BCUT2D eigenvalue weighted by Crippen LogP contribution is -2.58. The number of aryl methyl sites for hydroxylation is 2. The highest BCUT2D eigenvalue weighted by Crippen LogP contribution is 2.18. The highest BCUT2D eigenvalue weighted by Gasteiger charge is 2.31. The molecule has 156 valence electrons. The van der Waals surface area contributed by atoms with E-state index in [0.29, 0.717) is 24.1 Å². The van der Waals surface area contributed by atoms with Crippen molar-refractivity contribution in [2.24, 2.45) is 0 Å². The summed E-state index contributed by atoms with van der Waals surface area (Å²) in [6, 6.07) is 6.48. The van der Waals surface area contributed by atoms with Crippen molar-refractivity contribution in [3.05, 3.63) is 34.9 Å². The Kier molecular flexibility index (Phi) is 8.20. The Balaban J connectivity index is 1.84. The first-order valence-corrected chi connectivity index (χ1v) is 10.5. The predicted octanol–water partition coefficient (Wildman–Crippen LogP) is 3.14. The molecular weight excluding hydrogens is 350 g/mol. The largest absolute Gasteiger partial charge is 0.340 e. The highest BCUT2D eigenvalue weighted by molar-refractivity contribution is 5.98. The number of rotatable bonds is 8. The third-order valence-corrected chi connectivity index (χ3v) is 5.87. The van der Waals surface area contributed by atoms with Crippen molar-refractivity contribution in [1.29, 1.82) is 0 Å². The third-order valence-electron chi connectivity index (χ3n) is 5.87. The van der Waals surface area contributed by atoms with E-state index in [1.54, 1.807) is 0 Å². The number of hydrogen-bond donors (Lipinski definition) is 0. The minimum Gasteiger partial charge on any atom is -0.340 e. The van der Waals surface area contributed by atoms with Crippen LogP contribution in [0.5, 0.6) is 0 Å². The van der Waals surface area contributed by atoms with Gasteiger partial charge >= 0.3 is 0 Å². The van der Waals surface area contributed by atoms with Crippen LogP contribution < -0.4 is 0 Å². The fourth-order valence-corrected chi connectivity index (χ4v) is 4.01. The van der Waals surface area contributed by atoms with Crippen molar-refractivity contribution in [3.8, 4) is 0 Å². The molecule has 1 aromatic rings. The minimum absolute atomic E-state index is 0.0554. The van der Waals surface area contributed by atoms with Crippen molar-refractivity contribution < 1.29 is 9.59 Å². The molecule has 2 rings (SSSR count). The van der Waals surface area contributed by atoms with Crippen molar-refractivity contribution in [1.82, 2.24) is 14.7 Å². The summed E-state index contributed by atoms with van der Waals surface area (Å²) >= 11 is 0. The van der Waals surface area contributed by atoms with E-state index in [4.69, 9.17) is 0 Å². The number of carbonyl (C=O) groups excluding carboxylic acids is 2. The van der Waals surface area contributed by atoms with E-state index in [1.807, 2.05) is 36.9 Å². The van der Waals surface area contributed by atoms with Crippen LogP contribution >= 0.6 is 0 Å². The van der Waals surface area contributed by atoms with Crippen LogP contribution in [0.3, 0.4) is 0 Å². The standard InChI is InChI=1S/C23H37N3O2/c1-17-8-9-21(14-18(17)2)22(27)10-11-23(28)25-15-19(3)26(20(4)16-25)13-7-12-24(5)6/h8-9,14,19-20H,7,10-13,15-16H2,1-6H3. The Labute approximate surface area is 170 Å². The van der Waals surface area contributed by atoms with E-state index < -0.39 is 0 Å². The lowest BCUT2D eigenvalue weighted by Gasteiger charge is -2.44. The smallest absolute Gasteiger partial charge is 0.223 e. The van der Waals surface area contributed by atoms with Gasteiger partial charge in [-0.3, -0.25) is 14.5 Å². The normalized spacial score (nSPS) is 20.6. The first-order valence-electron chi connectivity index (χ1n) is 10.5. The highest BCUT2D eigenvalue weighted by atomic mass is 16.2. The number of hydrogen-bond acceptors (Lipinski definition) is 4. The van der Waals surface area contributed by atoms with E-state index >= 15 is 0 Å². The molecule has 0 aliphatic carbocycles. The molecule has 1 fully saturated rings. The molecule has 1 aromatic carbocycles. The Morgan fingerprint density at radius 2 is 1.68 bits per heavy atom. The maximum absolute atomic E-state index is 12.7. The van der Waals surface area contributed by atoms with Gasteiger partial charge in [-0.1, -0.05) is 12.1 Å². The van der Waals surface area contributed by atoms with E-state index in [2.05, 4.69) is 37.7 Å². The van der Waals surface area contributed by atoms with Gasteiger partial charge in [0.05, 0.1) is 0 Å². The lowest BCUT2D eigenvalue weighted by molar-refractivity contribution is -0.135. The number of ketones is 1. The van der Waals surface area contributed by atoms with Gasteiger partial charge in [0.1, 0.15) is 0 Å². The molecule has 1 saturated heterocycles. The summed E-state index contributed by atoms with van der Waals surface area (Å²) in [5.74, 6) is 0.156. The van der Waals surface area contributed by atoms with Crippen LogP contribution in [0, 0.1) is 13.8 Å². The average molecular weight is 388 g/mol. The van der Waals surface area contributed by atoms with Gasteiger partial charge in [-0.25, -0.2) is 0 Å². The number of nitrogens with zero attached hydrogens (tertiary/aromatic N) is 3. The van der Waals surface area contributed by atoms with Gasteiger partial charge in [0, 0.05) is 50.1 Å². The SMILES string of the molecule is Cc1ccc(C(=O)CCC(=O)N2CC(C)N(CCCN(C)C)C(C)C2)cc1C. The van der Waals surface area contributed by atoms with Crippen LogP contribution in [0.15, 0.2) is 18.2 Å². The van der Waals surface area contributed by atoms with Crippen LogP contribution in [0.4, 0.5) is 0 Å². The molecule has 0 bridgehead atoms. The monoisotopic (exact) mass is 387 g/mol. The Hall–Kier alpha value is -1.72. The molecule has 0 saturated carbocycles. The lowest BCUT2D eigenvalue weighted by atomic mass is 10.0. The topological polar surface area (TPSA) is 43.9 Å². The summed E-state index contributed by atoms with van der Waals surface area (Å²) in [4.78, 5) is 31.8. The van der Waals surface area contributed by atoms with Crippen molar-refractivity contribution in [2.45, 2.75) is 59.0 Å². The van der Waals surface area contributed by atoms with Crippen LogP contribution in [0.2, 0.25) is 0 Å². The summed E-state index contributed by atoms with van der Waals surface area (Å²) in [6.45, 7) is 12.1. The van der Waals surface area contributed by atoms with Crippen LogP contribution in [0.1, 0.15) is 54.6 Å². The fraction of sp³-hybridized carbons (Fsp3) is 0.652. The molecule has 28 heavy (non-hydrogen) atoms. The van der Waals surface area contributed by atoms with E-state index in [-0.39, 0.29) is 18.1 Å². The summed E-state index contributed by atoms with van der Waals surface area (Å²) in [7, 11) is 4.20. The van der Waals surface area contributed by atoms with E-state index in [1.165, 1.54) is 5.56 Å². The number of benzene rings is 1. The third kappa shape index (κ3) is 6.14. The van der Waals surface area contributed by atoms with Gasteiger partial charge in [-0.05, 0) is 71.9 Å². The molecular formula is C23H37N3O2. The minimum atomic E-state index is 0.0554. The Bertz CT molecular complexity index is 674. The molecule has 0 spiro atoms. The second-order valence-corrected chi connectivity index (χ2v) is 8.61. The van der Waals surface area contributed by atoms with Gasteiger partial charge in [-0.2, -0.15) is 0 Å². The quantitative estimate of drug-likeness (QED) is 0.643. The molecule has 2 atom stereocenters. The number of amides is 1. The zero-order chi connectivity index (χ0) is 20.8. The van der Waals surface area contributed by atoms with Crippen LogP contribution in [-0.2, 0) is 4.79 Å². The molecule has 1 amide bonds. The van der Waals surface area contributed by atoms with E-state index in [0.717, 1.165) is 38.2 Å². The second-order valence-electron chi connectivity index (χ2n) is 8.61. The van der Waals surface area contributed by atoms with Crippen LogP contribution in [0.25, 0.3) is 0 Å². The van der Waals surface area contributed by atoms with Gasteiger partial charge < -0.3 is 9.80 Å². The van der Waals surface area contributed by atoms with Gasteiger partial charge in [0.25, 0.3) is 0 Å². The summed E-state index contributed by atoms with van der Waals surface area (Å²) < 4.78 is 0. The first kappa shape index (κ1) is 22.6.